The zero-order chi connectivity index (χ0) is 20.6. The summed E-state index contributed by atoms with van der Waals surface area (Å²) in [6.45, 7) is 1.21. The Kier molecular flexibility index (Phi) is 7.25. The van der Waals surface area contributed by atoms with Crippen LogP contribution in [-0.2, 0) is 11.2 Å². The molecule has 29 heavy (non-hydrogen) atoms. The highest BCUT2D eigenvalue weighted by Gasteiger charge is 2.16. The molecule has 1 heterocycles. The summed E-state index contributed by atoms with van der Waals surface area (Å²) in [5.74, 6) is 0.665. The molecule has 1 aliphatic heterocycles. The minimum absolute atomic E-state index is 0.0392. The van der Waals surface area contributed by atoms with E-state index < -0.39 is 6.09 Å². The molecule has 6 nitrogen and oxygen atoms in total. The van der Waals surface area contributed by atoms with Crippen LogP contribution in [0.5, 0.6) is 5.75 Å². The minimum atomic E-state index is -0.923. The number of ether oxygens (including phenoxy) is 2. The molecule has 1 amide bonds. The van der Waals surface area contributed by atoms with E-state index in [0.29, 0.717) is 23.4 Å². The molecule has 0 radical (unpaired) electrons. The largest absolute Gasteiger partial charge is 0.465 e. The fourth-order valence-electron chi connectivity index (χ4n) is 3.25. The summed E-state index contributed by atoms with van der Waals surface area (Å²) >= 11 is 0. The van der Waals surface area contributed by atoms with Crippen molar-refractivity contribution in [2.45, 2.75) is 38.4 Å². The Balaban J connectivity index is 1.53. The van der Waals surface area contributed by atoms with Crippen molar-refractivity contribution in [1.29, 1.82) is 0 Å². The summed E-state index contributed by atoms with van der Waals surface area (Å²) in [7, 11) is 1.56. The van der Waals surface area contributed by atoms with Gasteiger partial charge in [0.25, 0.3) is 0 Å². The lowest BCUT2D eigenvalue weighted by molar-refractivity contribution is -0.105. The Morgan fingerprint density at radius 3 is 2.31 bits per heavy atom. The van der Waals surface area contributed by atoms with Crippen LogP contribution in [-0.4, -0.2) is 48.4 Å². The Labute approximate surface area is 171 Å². The molecule has 0 saturated carbocycles. The van der Waals surface area contributed by atoms with Gasteiger partial charge in [0.1, 0.15) is 5.75 Å². The quantitative estimate of drug-likeness (QED) is 0.670. The van der Waals surface area contributed by atoms with Gasteiger partial charge in [0.15, 0.2) is 12.1 Å². The first-order valence-electron chi connectivity index (χ1n) is 9.99. The average molecular weight is 397 g/mol. The Morgan fingerprint density at radius 2 is 1.72 bits per heavy atom. The van der Waals surface area contributed by atoms with Gasteiger partial charge in [-0.15, -0.1) is 0 Å². The summed E-state index contributed by atoms with van der Waals surface area (Å²) < 4.78 is 11.4. The van der Waals surface area contributed by atoms with Crippen LogP contribution in [0.4, 0.5) is 4.79 Å². The van der Waals surface area contributed by atoms with E-state index in [4.69, 9.17) is 14.6 Å². The van der Waals surface area contributed by atoms with Crippen molar-refractivity contribution >= 4 is 11.9 Å². The van der Waals surface area contributed by atoms with Crippen LogP contribution in [0, 0.1) is 0 Å². The number of hydrogen-bond donors (Lipinski definition) is 1. The van der Waals surface area contributed by atoms with Crippen LogP contribution in [0.2, 0.25) is 0 Å². The molecule has 0 aliphatic carbocycles. The first-order valence-corrected chi connectivity index (χ1v) is 9.99. The predicted octanol–water partition coefficient (Wildman–Crippen LogP) is 4.37. The van der Waals surface area contributed by atoms with Crippen molar-refractivity contribution in [3.8, 4) is 5.75 Å². The predicted molar refractivity (Wildman–Crippen MR) is 110 cm³/mol. The van der Waals surface area contributed by atoms with Crippen molar-refractivity contribution in [3.05, 3.63) is 65.2 Å². The number of carbonyl (C=O) groups is 2. The van der Waals surface area contributed by atoms with Crippen molar-refractivity contribution in [1.82, 2.24) is 4.90 Å². The number of benzene rings is 2. The highest BCUT2D eigenvalue weighted by molar-refractivity contribution is 6.09. The second-order valence-electron chi connectivity index (χ2n) is 7.27. The van der Waals surface area contributed by atoms with Crippen molar-refractivity contribution < 1.29 is 24.2 Å². The molecule has 1 saturated heterocycles. The fourth-order valence-corrected chi connectivity index (χ4v) is 3.25. The van der Waals surface area contributed by atoms with E-state index in [1.54, 1.807) is 31.3 Å². The van der Waals surface area contributed by atoms with Gasteiger partial charge >= 0.3 is 6.09 Å². The van der Waals surface area contributed by atoms with Gasteiger partial charge < -0.3 is 19.5 Å². The lowest BCUT2D eigenvalue weighted by Crippen LogP contribution is -2.25. The standard InChI is InChI=1S/C23H27NO5/c1-24(23(26)27)15-4-5-17-7-9-18(10-8-17)22(25)19-11-13-20(14-12-19)29-21-6-2-3-16-28-21/h7-14,21H,2-6,15-16H2,1H3,(H,26,27). The minimum Gasteiger partial charge on any atom is -0.465 e. The van der Waals surface area contributed by atoms with Gasteiger partial charge in [-0.05, 0) is 55.5 Å². The average Bonchev–Trinajstić information content (AvgIpc) is 2.75. The van der Waals surface area contributed by atoms with Gasteiger partial charge in [-0.3, -0.25) is 4.79 Å². The van der Waals surface area contributed by atoms with E-state index in [-0.39, 0.29) is 12.1 Å². The summed E-state index contributed by atoms with van der Waals surface area (Å²) in [5, 5.41) is 8.86. The number of carboxylic acid groups (broad SMARTS) is 1. The highest BCUT2D eigenvalue weighted by Crippen LogP contribution is 2.21. The number of amides is 1. The second kappa shape index (κ2) is 10.1. The van der Waals surface area contributed by atoms with Crippen molar-refractivity contribution in [2.24, 2.45) is 0 Å². The molecule has 1 aliphatic rings. The lowest BCUT2D eigenvalue weighted by atomic mass is 10.0. The maximum atomic E-state index is 12.7. The summed E-state index contributed by atoms with van der Waals surface area (Å²) in [4.78, 5) is 24.8. The zero-order valence-corrected chi connectivity index (χ0v) is 16.7. The lowest BCUT2D eigenvalue weighted by Gasteiger charge is -2.23. The molecule has 0 bridgehead atoms. The maximum absolute atomic E-state index is 12.7. The van der Waals surface area contributed by atoms with E-state index in [9.17, 15) is 9.59 Å². The van der Waals surface area contributed by atoms with Crippen LogP contribution in [0.3, 0.4) is 0 Å². The Hall–Kier alpha value is -2.86. The molecule has 6 heteroatoms. The molecule has 3 rings (SSSR count). The molecule has 1 atom stereocenters. The number of aryl methyl sites for hydroxylation is 1. The monoisotopic (exact) mass is 397 g/mol. The van der Waals surface area contributed by atoms with E-state index in [2.05, 4.69) is 0 Å². The SMILES string of the molecule is CN(CCCc1ccc(C(=O)c2ccc(OC3CCCCO3)cc2)cc1)C(=O)O. The van der Waals surface area contributed by atoms with Gasteiger partial charge in [0.2, 0.25) is 0 Å². The number of nitrogens with zero attached hydrogens (tertiary/aromatic N) is 1. The van der Waals surface area contributed by atoms with Crippen LogP contribution >= 0.6 is 0 Å². The Morgan fingerprint density at radius 1 is 1.07 bits per heavy atom. The number of ketones is 1. The van der Waals surface area contributed by atoms with Crippen LogP contribution in [0.15, 0.2) is 48.5 Å². The first-order chi connectivity index (χ1) is 14.0. The topological polar surface area (TPSA) is 76.1 Å². The molecule has 2 aromatic carbocycles. The third-order valence-electron chi connectivity index (χ3n) is 5.02. The first kappa shape index (κ1) is 20.9. The molecule has 2 aromatic rings. The maximum Gasteiger partial charge on any atom is 0.407 e. The normalized spacial score (nSPS) is 16.2. The van der Waals surface area contributed by atoms with Crippen molar-refractivity contribution in [3.63, 3.8) is 0 Å². The number of rotatable bonds is 8. The molecular weight excluding hydrogens is 370 g/mol. The van der Waals surface area contributed by atoms with E-state index in [0.717, 1.165) is 44.3 Å². The summed E-state index contributed by atoms with van der Waals surface area (Å²) in [5.41, 5.74) is 2.31. The molecule has 1 fully saturated rings. The molecule has 1 N–H and O–H groups in total. The molecule has 154 valence electrons. The van der Waals surface area contributed by atoms with E-state index >= 15 is 0 Å². The van der Waals surface area contributed by atoms with E-state index in [1.165, 1.54) is 4.90 Å². The van der Waals surface area contributed by atoms with Crippen LogP contribution in [0.25, 0.3) is 0 Å². The third-order valence-corrected chi connectivity index (χ3v) is 5.02. The fraction of sp³-hybridized carbons (Fsp3) is 0.391. The number of hydrogen-bond acceptors (Lipinski definition) is 4. The summed E-state index contributed by atoms with van der Waals surface area (Å²) in [6.07, 6.45) is 3.45. The Bertz CT molecular complexity index is 810. The molecular formula is C23H27NO5. The van der Waals surface area contributed by atoms with Gasteiger partial charge in [-0.2, -0.15) is 0 Å². The number of carbonyl (C=O) groups excluding carboxylic acids is 1. The van der Waals surface area contributed by atoms with Gasteiger partial charge in [0.05, 0.1) is 6.61 Å². The third kappa shape index (κ3) is 6.06. The summed E-state index contributed by atoms with van der Waals surface area (Å²) in [6, 6.07) is 14.6. The zero-order valence-electron chi connectivity index (χ0n) is 16.7. The second-order valence-corrected chi connectivity index (χ2v) is 7.27. The van der Waals surface area contributed by atoms with Crippen LogP contribution < -0.4 is 4.74 Å². The molecule has 1 unspecified atom stereocenters. The van der Waals surface area contributed by atoms with Crippen molar-refractivity contribution in [2.75, 3.05) is 20.2 Å². The van der Waals surface area contributed by atoms with E-state index in [1.807, 2.05) is 24.3 Å². The van der Waals surface area contributed by atoms with Gasteiger partial charge in [-0.25, -0.2) is 4.79 Å². The smallest absolute Gasteiger partial charge is 0.407 e. The van der Waals surface area contributed by atoms with Gasteiger partial charge in [0, 0.05) is 31.1 Å². The molecule has 0 spiro atoms. The molecule has 0 aromatic heterocycles. The highest BCUT2D eigenvalue weighted by atomic mass is 16.7. The van der Waals surface area contributed by atoms with Gasteiger partial charge in [-0.1, -0.05) is 24.3 Å². The van der Waals surface area contributed by atoms with Crippen LogP contribution in [0.1, 0.15) is 47.2 Å².